The van der Waals surface area contributed by atoms with Crippen LogP contribution in [0.5, 0.6) is 0 Å². The second-order valence-corrected chi connectivity index (χ2v) is 6.75. The van der Waals surface area contributed by atoms with Crippen molar-refractivity contribution in [2.45, 2.75) is 33.4 Å². The summed E-state index contributed by atoms with van der Waals surface area (Å²) in [5.74, 6) is -0.438. The van der Waals surface area contributed by atoms with Crippen molar-refractivity contribution in [1.29, 1.82) is 5.26 Å². The minimum absolute atomic E-state index is 0.0725. The maximum Gasteiger partial charge on any atom is 0.416 e. The third-order valence-electron chi connectivity index (χ3n) is 4.22. The Morgan fingerprint density at radius 1 is 1.41 bits per heavy atom. The minimum Gasteiger partial charge on any atom is -0.309 e. The van der Waals surface area contributed by atoms with Crippen molar-refractivity contribution in [3.05, 3.63) is 40.5 Å². The van der Waals surface area contributed by atoms with Gasteiger partial charge in [-0.15, -0.1) is 0 Å². The molecule has 9 heteroatoms. The molecule has 0 aliphatic heterocycles. The van der Waals surface area contributed by atoms with Crippen molar-refractivity contribution in [2.75, 3.05) is 5.32 Å². The van der Waals surface area contributed by atoms with E-state index in [9.17, 15) is 23.2 Å². The molecule has 0 spiro atoms. The molecule has 27 heavy (non-hydrogen) atoms. The fourth-order valence-electron chi connectivity index (χ4n) is 2.76. The molecule has 144 valence electrons. The quantitative estimate of drug-likeness (QED) is 0.767. The molecule has 5 nitrogen and oxygen atoms in total. The van der Waals surface area contributed by atoms with Crippen LogP contribution in [0.3, 0.4) is 0 Å². The first-order valence-electron chi connectivity index (χ1n) is 8.26. The highest BCUT2D eigenvalue weighted by Crippen LogP contribution is 2.34. The second kappa shape index (κ2) is 8.01. The van der Waals surface area contributed by atoms with Crippen molar-refractivity contribution >= 4 is 23.3 Å². The van der Waals surface area contributed by atoms with Gasteiger partial charge in [0.05, 0.1) is 22.5 Å². The molecule has 0 aliphatic carbocycles. The van der Waals surface area contributed by atoms with Crippen LogP contribution in [-0.2, 0) is 11.0 Å². The number of carbonyl (C=O) groups is 1. The van der Waals surface area contributed by atoms with E-state index in [2.05, 4.69) is 10.4 Å². The van der Waals surface area contributed by atoms with Crippen molar-refractivity contribution in [3.8, 4) is 11.8 Å². The van der Waals surface area contributed by atoms with E-state index in [1.807, 2.05) is 26.8 Å². The number of nitriles is 1. The molecule has 0 saturated heterocycles. The number of nitrogens with zero attached hydrogens (tertiary/aromatic N) is 3. The first kappa shape index (κ1) is 20.8. The maximum absolute atomic E-state index is 12.8. The first-order valence-corrected chi connectivity index (χ1v) is 8.64. The number of hydrogen-bond acceptors (Lipinski definition) is 3. The standard InChI is InChI=1S/C18H18ClF3N4O/c1-4-13(10(2)3)17(27)25-16-11(8-23)9-24-26(16)15-6-5-12(7-14(15)19)18(20,21)22/h5-7,9-10,13H,4H2,1-3H3,(H,25,27). The Labute approximate surface area is 159 Å². The lowest BCUT2D eigenvalue weighted by Gasteiger charge is -2.19. The number of aromatic nitrogens is 2. The normalized spacial score (nSPS) is 12.7. The third kappa shape index (κ3) is 4.42. The molecule has 1 unspecified atom stereocenters. The molecule has 1 N–H and O–H groups in total. The van der Waals surface area contributed by atoms with Crippen molar-refractivity contribution in [3.63, 3.8) is 0 Å². The van der Waals surface area contributed by atoms with Gasteiger partial charge in [0, 0.05) is 5.92 Å². The fraction of sp³-hybridized carbons (Fsp3) is 0.389. The number of hydrogen-bond donors (Lipinski definition) is 1. The van der Waals surface area contributed by atoms with E-state index >= 15 is 0 Å². The minimum atomic E-state index is -4.53. The summed E-state index contributed by atoms with van der Waals surface area (Å²) in [5, 5.41) is 15.8. The van der Waals surface area contributed by atoms with Gasteiger partial charge in [-0.05, 0) is 30.5 Å². The molecule has 1 atom stereocenters. The average Bonchev–Trinajstić information content (AvgIpc) is 2.96. The first-order chi connectivity index (χ1) is 12.6. The Morgan fingerprint density at radius 2 is 2.07 bits per heavy atom. The van der Waals surface area contributed by atoms with Crippen LogP contribution in [0.15, 0.2) is 24.4 Å². The number of benzene rings is 1. The van der Waals surface area contributed by atoms with E-state index in [1.165, 1.54) is 6.20 Å². The predicted octanol–water partition coefficient (Wildman–Crippen LogP) is 5.04. The van der Waals surface area contributed by atoms with Crippen LogP contribution in [0.25, 0.3) is 5.69 Å². The van der Waals surface area contributed by atoms with Gasteiger partial charge >= 0.3 is 6.18 Å². The molecule has 1 amide bonds. The van der Waals surface area contributed by atoms with Gasteiger partial charge < -0.3 is 5.32 Å². The SMILES string of the molecule is CCC(C(=O)Nc1c(C#N)cnn1-c1ccc(C(F)(F)F)cc1Cl)C(C)C. The molecule has 0 saturated carbocycles. The van der Waals surface area contributed by atoms with Crippen molar-refractivity contribution in [2.24, 2.45) is 11.8 Å². The monoisotopic (exact) mass is 398 g/mol. The smallest absolute Gasteiger partial charge is 0.309 e. The third-order valence-corrected chi connectivity index (χ3v) is 4.52. The highest BCUT2D eigenvalue weighted by molar-refractivity contribution is 6.32. The molecule has 1 heterocycles. The number of alkyl halides is 3. The van der Waals surface area contributed by atoms with Gasteiger partial charge in [-0.25, -0.2) is 4.68 Å². The summed E-state index contributed by atoms with van der Waals surface area (Å²) in [6.45, 7) is 5.69. The van der Waals surface area contributed by atoms with Gasteiger partial charge in [-0.2, -0.15) is 23.5 Å². The summed E-state index contributed by atoms with van der Waals surface area (Å²) in [6, 6.07) is 4.70. The lowest BCUT2D eigenvalue weighted by atomic mass is 9.92. The molecule has 2 aromatic rings. The van der Waals surface area contributed by atoms with E-state index in [1.54, 1.807) is 0 Å². The number of rotatable bonds is 5. The Balaban J connectivity index is 2.47. The van der Waals surface area contributed by atoms with E-state index in [0.29, 0.717) is 6.42 Å². The summed E-state index contributed by atoms with van der Waals surface area (Å²) >= 11 is 6.01. The molecular formula is C18H18ClF3N4O. The topological polar surface area (TPSA) is 70.7 Å². The van der Waals surface area contributed by atoms with Gasteiger partial charge in [0.2, 0.25) is 5.91 Å². The van der Waals surface area contributed by atoms with Crippen LogP contribution >= 0.6 is 11.6 Å². The summed E-state index contributed by atoms with van der Waals surface area (Å²) in [4.78, 5) is 12.6. The van der Waals surface area contributed by atoms with E-state index in [0.717, 1.165) is 22.9 Å². The number of anilines is 1. The van der Waals surface area contributed by atoms with Gasteiger partial charge in [0.25, 0.3) is 0 Å². The van der Waals surface area contributed by atoms with Gasteiger partial charge in [-0.3, -0.25) is 4.79 Å². The molecule has 1 aromatic heterocycles. The van der Waals surface area contributed by atoms with Crippen LogP contribution in [0.1, 0.15) is 38.3 Å². The Bertz CT molecular complexity index is 884. The van der Waals surface area contributed by atoms with Crippen LogP contribution in [0.2, 0.25) is 5.02 Å². The molecule has 0 bridgehead atoms. The second-order valence-electron chi connectivity index (χ2n) is 6.34. The molecule has 0 fully saturated rings. The molecule has 2 rings (SSSR count). The molecule has 0 radical (unpaired) electrons. The number of carbonyl (C=O) groups excluding carboxylic acids is 1. The lowest BCUT2D eigenvalue weighted by molar-refractivity contribution is -0.137. The fourth-order valence-corrected chi connectivity index (χ4v) is 3.02. The summed E-state index contributed by atoms with van der Waals surface area (Å²) in [6.07, 6.45) is -2.72. The zero-order chi connectivity index (χ0) is 20.4. The number of halogens is 4. The largest absolute Gasteiger partial charge is 0.416 e. The van der Waals surface area contributed by atoms with Gasteiger partial charge in [-0.1, -0.05) is 32.4 Å². The molecular weight excluding hydrogens is 381 g/mol. The maximum atomic E-state index is 12.8. The van der Waals surface area contributed by atoms with Crippen LogP contribution in [0, 0.1) is 23.2 Å². The Hall–Kier alpha value is -2.53. The van der Waals surface area contributed by atoms with Crippen LogP contribution < -0.4 is 5.32 Å². The highest BCUT2D eigenvalue weighted by Gasteiger charge is 2.31. The van der Waals surface area contributed by atoms with E-state index < -0.39 is 11.7 Å². The summed E-state index contributed by atoms with van der Waals surface area (Å²) < 4.78 is 39.7. The Morgan fingerprint density at radius 3 is 2.56 bits per heavy atom. The predicted molar refractivity (Wildman–Crippen MR) is 95.5 cm³/mol. The van der Waals surface area contributed by atoms with E-state index in [-0.39, 0.29) is 39.8 Å². The summed E-state index contributed by atoms with van der Waals surface area (Å²) in [5.41, 5.74) is -0.697. The summed E-state index contributed by atoms with van der Waals surface area (Å²) in [7, 11) is 0. The van der Waals surface area contributed by atoms with Crippen LogP contribution in [-0.4, -0.2) is 15.7 Å². The number of nitrogens with one attached hydrogen (secondary N) is 1. The lowest BCUT2D eigenvalue weighted by Crippen LogP contribution is -2.27. The Kier molecular flexibility index (Phi) is 6.16. The molecule has 1 aromatic carbocycles. The highest BCUT2D eigenvalue weighted by atomic mass is 35.5. The zero-order valence-electron chi connectivity index (χ0n) is 14.9. The van der Waals surface area contributed by atoms with Gasteiger partial charge in [0.1, 0.15) is 11.6 Å². The zero-order valence-corrected chi connectivity index (χ0v) is 15.7. The van der Waals surface area contributed by atoms with Gasteiger partial charge in [0.15, 0.2) is 5.82 Å². The average molecular weight is 399 g/mol. The van der Waals surface area contributed by atoms with Crippen LogP contribution in [0.4, 0.5) is 19.0 Å². The molecule has 0 aliphatic rings. The van der Waals surface area contributed by atoms with E-state index in [4.69, 9.17) is 11.6 Å². The number of amides is 1. The van der Waals surface area contributed by atoms with Crippen molar-refractivity contribution < 1.29 is 18.0 Å². The van der Waals surface area contributed by atoms with Crippen molar-refractivity contribution in [1.82, 2.24) is 9.78 Å².